The van der Waals surface area contributed by atoms with Crippen molar-refractivity contribution in [2.75, 3.05) is 6.61 Å². The molecule has 0 bridgehead atoms. The van der Waals surface area contributed by atoms with Gasteiger partial charge >= 0.3 is 0 Å². The van der Waals surface area contributed by atoms with Gasteiger partial charge in [0, 0.05) is 18.6 Å². The number of hydrogen-bond donors (Lipinski definition) is 2. The lowest BCUT2D eigenvalue weighted by Gasteiger charge is -2.39. The van der Waals surface area contributed by atoms with Crippen LogP contribution in [0.5, 0.6) is 5.75 Å². The van der Waals surface area contributed by atoms with Crippen LogP contribution >= 0.6 is 0 Å². The molecule has 2 aliphatic rings. The predicted octanol–water partition coefficient (Wildman–Crippen LogP) is 2.45. The van der Waals surface area contributed by atoms with Crippen LogP contribution in [-0.4, -0.2) is 29.8 Å². The summed E-state index contributed by atoms with van der Waals surface area (Å²) in [6.45, 7) is 0.795. The van der Waals surface area contributed by atoms with Gasteiger partial charge in [0.15, 0.2) is 0 Å². The third-order valence-corrected chi connectivity index (χ3v) is 4.69. The molecule has 1 saturated carbocycles. The third kappa shape index (κ3) is 2.07. The first kappa shape index (κ1) is 12.7. The standard InChI is InChI=1S/C17H17NO3/c19-15-8-11-4-2-1-3-10(11)7-13(15)17(20)18-14-9-16-12(14)5-6-21-16/h1-4,7-8,12,14,16,19H,5-6,9H2,(H,18,20)/t12-,14+,16+/m1/s1. The lowest BCUT2D eigenvalue weighted by Crippen LogP contribution is -2.53. The molecule has 0 aromatic heterocycles. The summed E-state index contributed by atoms with van der Waals surface area (Å²) in [6, 6.07) is 11.3. The van der Waals surface area contributed by atoms with Gasteiger partial charge in [0.1, 0.15) is 5.75 Å². The fourth-order valence-electron chi connectivity index (χ4n) is 3.42. The molecule has 2 aromatic rings. The minimum absolute atomic E-state index is 0.0322. The first-order valence-electron chi connectivity index (χ1n) is 7.36. The zero-order valence-electron chi connectivity index (χ0n) is 11.6. The van der Waals surface area contributed by atoms with E-state index in [9.17, 15) is 9.90 Å². The lowest BCUT2D eigenvalue weighted by atomic mass is 9.76. The van der Waals surface area contributed by atoms with Crippen LogP contribution in [0.1, 0.15) is 23.2 Å². The molecule has 1 aliphatic heterocycles. The molecule has 1 amide bonds. The Labute approximate surface area is 122 Å². The highest BCUT2D eigenvalue weighted by Crippen LogP contribution is 2.38. The number of aromatic hydroxyl groups is 1. The quantitative estimate of drug-likeness (QED) is 0.890. The molecule has 2 fully saturated rings. The van der Waals surface area contributed by atoms with Crippen LogP contribution in [0.25, 0.3) is 10.8 Å². The van der Waals surface area contributed by atoms with E-state index >= 15 is 0 Å². The van der Waals surface area contributed by atoms with Crippen molar-refractivity contribution >= 4 is 16.7 Å². The van der Waals surface area contributed by atoms with Crippen LogP contribution in [-0.2, 0) is 4.74 Å². The van der Waals surface area contributed by atoms with Gasteiger partial charge < -0.3 is 15.2 Å². The van der Waals surface area contributed by atoms with Crippen LogP contribution < -0.4 is 5.32 Å². The van der Waals surface area contributed by atoms with E-state index in [0.29, 0.717) is 17.6 Å². The average Bonchev–Trinajstić information content (AvgIpc) is 2.85. The molecule has 0 spiro atoms. The molecule has 1 saturated heterocycles. The summed E-state index contributed by atoms with van der Waals surface area (Å²) in [5.74, 6) is 0.273. The number of rotatable bonds is 2. The van der Waals surface area contributed by atoms with E-state index in [4.69, 9.17) is 4.74 Å². The van der Waals surface area contributed by atoms with Crippen LogP contribution in [0.4, 0.5) is 0 Å². The number of hydrogen-bond acceptors (Lipinski definition) is 3. The van der Waals surface area contributed by atoms with Crippen LogP contribution in [0, 0.1) is 5.92 Å². The summed E-state index contributed by atoms with van der Waals surface area (Å²) in [4.78, 5) is 12.4. The van der Waals surface area contributed by atoms with E-state index in [2.05, 4.69) is 5.32 Å². The second kappa shape index (κ2) is 4.74. The van der Waals surface area contributed by atoms with Crippen molar-refractivity contribution < 1.29 is 14.6 Å². The Balaban J connectivity index is 1.57. The van der Waals surface area contributed by atoms with Crippen LogP contribution in [0.3, 0.4) is 0 Å². The molecule has 2 aromatic carbocycles. The maximum Gasteiger partial charge on any atom is 0.255 e. The van der Waals surface area contributed by atoms with E-state index in [-0.39, 0.29) is 17.7 Å². The van der Waals surface area contributed by atoms with Gasteiger partial charge in [0.25, 0.3) is 5.91 Å². The molecule has 0 radical (unpaired) electrons. The number of nitrogens with one attached hydrogen (secondary N) is 1. The van der Waals surface area contributed by atoms with Gasteiger partial charge in [-0.3, -0.25) is 4.79 Å². The zero-order valence-corrected chi connectivity index (χ0v) is 11.6. The molecule has 108 valence electrons. The smallest absolute Gasteiger partial charge is 0.255 e. The third-order valence-electron chi connectivity index (χ3n) is 4.69. The second-order valence-electron chi connectivity index (χ2n) is 5.89. The molecule has 2 N–H and O–H groups in total. The van der Waals surface area contributed by atoms with Crippen molar-refractivity contribution in [3.05, 3.63) is 42.0 Å². The molecule has 4 nitrogen and oxygen atoms in total. The summed E-state index contributed by atoms with van der Waals surface area (Å²) in [7, 11) is 0. The molecule has 4 heteroatoms. The van der Waals surface area contributed by atoms with E-state index in [1.807, 2.05) is 24.3 Å². The predicted molar refractivity (Wildman–Crippen MR) is 79.3 cm³/mol. The molecule has 0 unspecified atom stereocenters. The van der Waals surface area contributed by atoms with Gasteiger partial charge in [0.2, 0.25) is 0 Å². The first-order valence-corrected chi connectivity index (χ1v) is 7.36. The van der Waals surface area contributed by atoms with E-state index < -0.39 is 0 Å². The number of benzene rings is 2. The van der Waals surface area contributed by atoms with E-state index in [1.54, 1.807) is 12.1 Å². The van der Waals surface area contributed by atoms with Crippen molar-refractivity contribution in [1.29, 1.82) is 0 Å². The Morgan fingerprint density at radius 3 is 2.76 bits per heavy atom. The largest absolute Gasteiger partial charge is 0.507 e. The summed E-state index contributed by atoms with van der Waals surface area (Å²) < 4.78 is 5.55. The number of carbonyl (C=O) groups is 1. The van der Waals surface area contributed by atoms with E-state index in [0.717, 1.165) is 30.2 Å². The van der Waals surface area contributed by atoms with Crippen LogP contribution in [0.2, 0.25) is 0 Å². The highest BCUT2D eigenvalue weighted by atomic mass is 16.5. The SMILES string of the molecule is O=C(N[C@H]1C[C@@H]2OCC[C@H]12)c1cc2ccccc2cc1O. The summed E-state index contributed by atoms with van der Waals surface area (Å²) in [5, 5.41) is 15.0. The van der Waals surface area contributed by atoms with Crippen molar-refractivity contribution in [3.63, 3.8) is 0 Å². The lowest BCUT2D eigenvalue weighted by molar-refractivity contribution is 0.00807. The highest BCUT2D eigenvalue weighted by molar-refractivity contribution is 6.01. The highest BCUT2D eigenvalue weighted by Gasteiger charge is 2.45. The molecule has 3 atom stereocenters. The molecule has 4 rings (SSSR count). The van der Waals surface area contributed by atoms with Crippen molar-refractivity contribution in [2.45, 2.75) is 25.0 Å². The molecule has 21 heavy (non-hydrogen) atoms. The second-order valence-corrected chi connectivity index (χ2v) is 5.89. The number of ether oxygens (including phenoxy) is 1. The Bertz CT molecular complexity index is 712. The number of fused-ring (bicyclic) bond motifs is 2. The van der Waals surface area contributed by atoms with Gasteiger partial charge in [-0.2, -0.15) is 0 Å². The fourth-order valence-corrected chi connectivity index (χ4v) is 3.42. The van der Waals surface area contributed by atoms with Gasteiger partial charge in [-0.25, -0.2) is 0 Å². The zero-order chi connectivity index (χ0) is 14.4. The molecule has 1 heterocycles. The molecular weight excluding hydrogens is 266 g/mol. The monoisotopic (exact) mass is 283 g/mol. The number of amides is 1. The Hall–Kier alpha value is -2.07. The topological polar surface area (TPSA) is 58.6 Å². The molecule has 1 aliphatic carbocycles. The summed E-state index contributed by atoms with van der Waals surface area (Å²) >= 11 is 0. The Kier molecular flexibility index (Phi) is 2.86. The first-order chi connectivity index (χ1) is 10.2. The molecular formula is C17H17NO3. The normalized spacial score (nSPS) is 27.1. The maximum atomic E-state index is 12.4. The Morgan fingerprint density at radius 2 is 2.00 bits per heavy atom. The number of phenols is 1. The summed E-state index contributed by atoms with van der Waals surface area (Å²) in [5.41, 5.74) is 0.344. The number of carbonyl (C=O) groups excluding carboxylic acids is 1. The minimum Gasteiger partial charge on any atom is -0.507 e. The van der Waals surface area contributed by atoms with Gasteiger partial charge in [-0.1, -0.05) is 24.3 Å². The summed E-state index contributed by atoms with van der Waals surface area (Å²) in [6.07, 6.45) is 2.21. The van der Waals surface area contributed by atoms with E-state index in [1.165, 1.54) is 0 Å². The van der Waals surface area contributed by atoms with Crippen molar-refractivity contribution in [2.24, 2.45) is 5.92 Å². The van der Waals surface area contributed by atoms with Crippen LogP contribution in [0.15, 0.2) is 36.4 Å². The minimum atomic E-state index is -0.200. The Morgan fingerprint density at radius 1 is 1.24 bits per heavy atom. The fraction of sp³-hybridized carbons (Fsp3) is 0.353. The average molecular weight is 283 g/mol. The van der Waals surface area contributed by atoms with Crippen molar-refractivity contribution in [3.8, 4) is 5.75 Å². The van der Waals surface area contributed by atoms with Crippen molar-refractivity contribution in [1.82, 2.24) is 5.32 Å². The van der Waals surface area contributed by atoms with Gasteiger partial charge in [-0.05, 0) is 35.7 Å². The van der Waals surface area contributed by atoms with Gasteiger partial charge in [-0.15, -0.1) is 0 Å². The number of phenolic OH excluding ortho intramolecular Hbond substituents is 1. The van der Waals surface area contributed by atoms with Gasteiger partial charge in [0.05, 0.1) is 11.7 Å². The maximum absolute atomic E-state index is 12.4.